The molecule has 0 bridgehead atoms. The van der Waals surface area contributed by atoms with Gasteiger partial charge in [-0.3, -0.25) is 4.90 Å². The van der Waals surface area contributed by atoms with Gasteiger partial charge in [0.2, 0.25) is 0 Å². The van der Waals surface area contributed by atoms with Gasteiger partial charge in [-0.05, 0) is 75.0 Å². The van der Waals surface area contributed by atoms with Crippen molar-refractivity contribution in [3.63, 3.8) is 0 Å². The van der Waals surface area contributed by atoms with Gasteiger partial charge in [0.15, 0.2) is 0 Å². The van der Waals surface area contributed by atoms with E-state index in [0.29, 0.717) is 0 Å². The van der Waals surface area contributed by atoms with E-state index in [1.165, 1.54) is 48.2 Å². The fraction of sp³-hybridized carbons (Fsp3) is 0.409. The second-order valence-corrected chi connectivity index (χ2v) is 7.66. The number of rotatable bonds is 3. The molecule has 0 unspecified atom stereocenters. The maximum atomic E-state index is 4.81. The Morgan fingerprint density at radius 2 is 1.88 bits per heavy atom. The Labute approximate surface area is 150 Å². The first-order chi connectivity index (χ1) is 12.1. The molecule has 130 valence electrons. The van der Waals surface area contributed by atoms with E-state index in [2.05, 4.69) is 61.0 Å². The van der Waals surface area contributed by atoms with Crippen LogP contribution in [0.5, 0.6) is 0 Å². The SMILES string of the molecule is Cc1cc(CN2CCC(C)CC2)c(C)c(-c2nc3ccccc3[nH]2)c1. The molecule has 3 nitrogen and oxygen atoms in total. The van der Waals surface area contributed by atoms with E-state index >= 15 is 0 Å². The van der Waals surface area contributed by atoms with Crippen LogP contribution in [0.2, 0.25) is 0 Å². The maximum Gasteiger partial charge on any atom is 0.138 e. The van der Waals surface area contributed by atoms with Gasteiger partial charge in [-0.2, -0.15) is 0 Å². The average molecular weight is 333 g/mol. The van der Waals surface area contributed by atoms with E-state index in [4.69, 9.17) is 4.98 Å². The third kappa shape index (κ3) is 3.34. The van der Waals surface area contributed by atoms with E-state index in [1.807, 2.05) is 6.07 Å². The van der Waals surface area contributed by atoms with Crippen LogP contribution >= 0.6 is 0 Å². The molecule has 1 fully saturated rings. The molecule has 1 N–H and O–H groups in total. The van der Waals surface area contributed by atoms with Crippen LogP contribution in [-0.4, -0.2) is 28.0 Å². The zero-order chi connectivity index (χ0) is 17.4. The zero-order valence-electron chi connectivity index (χ0n) is 15.5. The minimum Gasteiger partial charge on any atom is -0.338 e. The molecular formula is C22H27N3. The molecule has 0 radical (unpaired) electrons. The first-order valence-electron chi connectivity index (χ1n) is 9.38. The van der Waals surface area contributed by atoms with E-state index in [1.54, 1.807) is 0 Å². The van der Waals surface area contributed by atoms with Crippen molar-refractivity contribution in [2.75, 3.05) is 13.1 Å². The van der Waals surface area contributed by atoms with Crippen molar-refractivity contribution >= 4 is 11.0 Å². The molecule has 25 heavy (non-hydrogen) atoms. The van der Waals surface area contributed by atoms with E-state index in [0.717, 1.165) is 29.3 Å². The van der Waals surface area contributed by atoms with Crippen LogP contribution in [0.3, 0.4) is 0 Å². The predicted octanol–water partition coefficient (Wildman–Crippen LogP) is 5.08. The molecule has 1 saturated heterocycles. The molecule has 1 aliphatic rings. The number of nitrogens with one attached hydrogen (secondary N) is 1. The van der Waals surface area contributed by atoms with Gasteiger partial charge < -0.3 is 4.98 Å². The van der Waals surface area contributed by atoms with Gasteiger partial charge in [-0.25, -0.2) is 4.98 Å². The number of fused-ring (bicyclic) bond motifs is 1. The summed E-state index contributed by atoms with van der Waals surface area (Å²) in [4.78, 5) is 10.9. The van der Waals surface area contributed by atoms with Gasteiger partial charge >= 0.3 is 0 Å². The largest absolute Gasteiger partial charge is 0.338 e. The average Bonchev–Trinajstić information content (AvgIpc) is 3.03. The summed E-state index contributed by atoms with van der Waals surface area (Å²) < 4.78 is 0. The summed E-state index contributed by atoms with van der Waals surface area (Å²) in [6.07, 6.45) is 2.64. The molecule has 2 heterocycles. The van der Waals surface area contributed by atoms with Crippen molar-refractivity contribution in [2.24, 2.45) is 5.92 Å². The summed E-state index contributed by atoms with van der Waals surface area (Å²) in [6.45, 7) is 10.3. The Kier molecular flexibility index (Phi) is 4.34. The highest BCUT2D eigenvalue weighted by molar-refractivity contribution is 5.80. The lowest BCUT2D eigenvalue weighted by molar-refractivity contribution is 0.185. The molecule has 0 amide bonds. The van der Waals surface area contributed by atoms with Crippen molar-refractivity contribution < 1.29 is 0 Å². The van der Waals surface area contributed by atoms with Crippen LogP contribution < -0.4 is 0 Å². The number of hydrogen-bond acceptors (Lipinski definition) is 2. The Balaban J connectivity index is 1.68. The minimum absolute atomic E-state index is 0.876. The Hall–Kier alpha value is -2.13. The molecule has 4 rings (SSSR count). The van der Waals surface area contributed by atoms with Gasteiger partial charge in [0.25, 0.3) is 0 Å². The number of nitrogens with zero attached hydrogens (tertiary/aromatic N) is 2. The number of H-pyrrole nitrogens is 1. The highest BCUT2D eigenvalue weighted by Crippen LogP contribution is 2.29. The normalized spacial score (nSPS) is 16.6. The smallest absolute Gasteiger partial charge is 0.138 e. The number of para-hydroxylation sites is 2. The molecule has 0 spiro atoms. The minimum atomic E-state index is 0.876. The number of aromatic nitrogens is 2. The molecule has 0 atom stereocenters. The molecule has 0 aliphatic carbocycles. The van der Waals surface area contributed by atoms with Crippen molar-refractivity contribution in [1.82, 2.24) is 14.9 Å². The van der Waals surface area contributed by atoms with Crippen LogP contribution in [0.4, 0.5) is 0 Å². The monoisotopic (exact) mass is 333 g/mol. The first kappa shape index (κ1) is 16.3. The lowest BCUT2D eigenvalue weighted by Crippen LogP contribution is -2.32. The third-order valence-corrected chi connectivity index (χ3v) is 5.57. The van der Waals surface area contributed by atoms with Crippen molar-refractivity contribution in [1.29, 1.82) is 0 Å². The van der Waals surface area contributed by atoms with Crippen LogP contribution in [0, 0.1) is 19.8 Å². The van der Waals surface area contributed by atoms with Crippen molar-refractivity contribution in [2.45, 2.75) is 40.2 Å². The fourth-order valence-corrected chi connectivity index (χ4v) is 3.89. The molecule has 3 aromatic rings. The molecule has 2 aromatic carbocycles. The number of likely N-dealkylation sites (tertiary alicyclic amines) is 1. The van der Waals surface area contributed by atoms with Crippen LogP contribution in [-0.2, 0) is 6.54 Å². The molecule has 1 aliphatic heterocycles. The Bertz CT molecular complexity index is 852. The van der Waals surface area contributed by atoms with E-state index in [-0.39, 0.29) is 0 Å². The first-order valence-corrected chi connectivity index (χ1v) is 9.38. The number of imidazole rings is 1. The van der Waals surface area contributed by atoms with Crippen LogP contribution in [0.1, 0.15) is 36.5 Å². The number of hydrogen-bond donors (Lipinski definition) is 1. The summed E-state index contributed by atoms with van der Waals surface area (Å²) in [5.74, 6) is 1.86. The quantitative estimate of drug-likeness (QED) is 0.725. The van der Waals surface area contributed by atoms with E-state index in [9.17, 15) is 0 Å². The van der Waals surface area contributed by atoms with Gasteiger partial charge in [0.05, 0.1) is 11.0 Å². The maximum absolute atomic E-state index is 4.81. The predicted molar refractivity (Wildman–Crippen MR) is 105 cm³/mol. The second kappa shape index (κ2) is 6.64. The molecule has 0 saturated carbocycles. The highest BCUT2D eigenvalue weighted by Gasteiger charge is 2.18. The van der Waals surface area contributed by atoms with E-state index < -0.39 is 0 Å². The summed E-state index contributed by atoms with van der Waals surface area (Å²) in [6, 6.07) is 12.9. The molecule has 1 aromatic heterocycles. The summed E-state index contributed by atoms with van der Waals surface area (Å²) in [5.41, 5.74) is 7.46. The summed E-state index contributed by atoms with van der Waals surface area (Å²) in [5, 5.41) is 0. The number of piperidine rings is 1. The standard InChI is InChI=1S/C22H27N3/c1-15-8-10-25(11-9-15)14-18-12-16(2)13-19(17(18)3)22-23-20-6-4-5-7-21(20)24-22/h4-7,12-13,15H,8-11,14H2,1-3H3,(H,23,24). The molecular weight excluding hydrogens is 306 g/mol. The zero-order valence-corrected chi connectivity index (χ0v) is 15.5. The number of benzene rings is 2. The van der Waals surface area contributed by atoms with Gasteiger partial charge in [-0.15, -0.1) is 0 Å². The van der Waals surface area contributed by atoms with Crippen molar-refractivity contribution in [3.8, 4) is 11.4 Å². The second-order valence-electron chi connectivity index (χ2n) is 7.66. The van der Waals surface area contributed by atoms with Gasteiger partial charge in [0.1, 0.15) is 5.82 Å². The summed E-state index contributed by atoms with van der Waals surface area (Å²) in [7, 11) is 0. The Morgan fingerprint density at radius 3 is 2.64 bits per heavy atom. The van der Waals surface area contributed by atoms with Crippen LogP contribution in [0.15, 0.2) is 36.4 Å². The highest BCUT2D eigenvalue weighted by atomic mass is 15.1. The van der Waals surface area contributed by atoms with Gasteiger partial charge in [0, 0.05) is 12.1 Å². The van der Waals surface area contributed by atoms with Gasteiger partial charge in [-0.1, -0.05) is 30.7 Å². The van der Waals surface area contributed by atoms with Crippen molar-refractivity contribution in [3.05, 3.63) is 53.1 Å². The molecule has 3 heteroatoms. The topological polar surface area (TPSA) is 31.9 Å². The lowest BCUT2D eigenvalue weighted by Gasteiger charge is -2.31. The number of aryl methyl sites for hydroxylation is 1. The fourth-order valence-electron chi connectivity index (χ4n) is 3.89. The summed E-state index contributed by atoms with van der Waals surface area (Å²) >= 11 is 0. The lowest BCUT2D eigenvalue weighted by atomic mass is 9.95. The number of aromatic amines is 1. The third-order valence-electron chi connectivity index (χ3n) is 5.57. The van der Waals surface area contributed by atoms with Crippen LogP contribution in [0.25, 0.3) is 22.4 Å². The Morgan fingerprint density at radius 1 is 1.12 bits per heavy atom.